The number of aromatic nitrogens is 1. The second kappa shape index (κ2) is 13.5. The number of hydrogen-bond acceptors (Lipinski definition) is 7. The number of nitriles is 1. The summed E-state index contributed by atoms with van der Waals surface area (Å²) in [4.78, 5) is 34.3. The molecule has 0 saturated heterocycles. The second-order valence-corrected chi connectivity index (χ2v) is 13.8. The summed E-state index contributed by atoms with van der Waals surface area (Å²) in [5, 5.41) is 10.8. The molecule has 0 N–H and O–H groups in total. The molecule has 3 aliphatic carbocycles. The number of thiazole rings is 1. The van der Waals surface area contributed by atoms with Gasteiger partial charge in [0.1, 0.15) is 11.8 Å². The number of rotatable bonds is 9. The SMILES string of the molecule is COc1ccc([C@H]2CC[C@H](CN(c3cccc(-c4cnc(C5CC5)s4)c3)C(=O)[C@H]3CC[C@H](C(=O)OC)CC3)CC2)cc1C#N. The number of anilines is 1. The summed E-state index contributed by atoms with van der Waals surface area (Å²) in [6, 6.07) is 16.6. The standard InChI is InChI=1S/C36H41N3O4S/c1-42-32-17-16-28(18-30(32)20-37)24-8-6-23(7-9-24)22-39(35(40)26-12-14-27(15-13-26)36(41)43-2)31-5-3-4-29(19-31)33-21-38-34(44-33)25-10-11-25/h3-5,16-19,21,23-27H,6-15,22H2,1-2H3/t23-,24-,26-,27-. The number of ether oxygens (including phenoxy) is 2. The second-order valence-electron chi connectivity index (χ2n) is 12.7. The fourth-order valence-corrected chi connectivity index (χ4v) is 8.14. The van der Waals surface area contributed by atoms with Gasteiger partial charge < -0.3 is 14.4 Å². The number of carbonyl (C=O) groups is 2. The Morgan fingerprint density at radius 1 is 0.932 bits per heavy atom. The van der Waals surface area contributed by atoms with Crippen LogP contribution in [0.2, 0.25) is 0 Å². The van der Waals surface area contributed by atoms with E-state index in [9.17, 15) is 14.9 Å². The Hall–Kier alpha value is -3.70. The molecule has 44 heavy (non-hydrogen) atoms. The van der Waals surface area contributed by atoms with Gasteiger partial charge in [-0.15, -0.1) is 11.3 Å². The largest absolute Gasteiger partial charge is 0.495 e. The first-order valence-corrected chi connectivity index (χ1v) is 16.8. The first-order chi connectivity index (χ1) is 21.5. The predicted octanol–water partition coefficient (Wildman–Crippen LogP) is 7.85. The summed E-state index contributed by atoms with van der Waals surface area (Å²) in [6.45, 7) is 0.689. The Morgan fingerprint density at radius 3 is 2.34 bits per heavy atom. The number of amides is 1. The molecule has 0 radical (unpaired) electrons. The van der Waals surface area contributed by atoms with Gasteiger partial charge in [0.15, 0.2) is 0 Å². The van der Waals surface area contributed by atoms with Gasteiger partial charge in [0.25, 0.3) is 0 Å². The van der Waals surface area contributed by atoms with Crippen LogP contribution in [0.3, 0.4) is 0 Å². The monoisotopic (exact) mass is 611 g/mol. The van der Waals surface area contributed by atoms with Crippen molar-refractivity contribution in [3.63, 3.8) is 0 Å². The van der Waals surface area contributed by atoms with E-state index in [1.807, 2.05) is 23.2 Å². The van der Waals surface area contributed by atoms with Crippen molar-refractivity contribution in [3.8, 4) is 22.3 Å². The highest BCUT2D eigenvalue weighted by atomic mass is 32.1. The average molecular weight is 612 g/mol. The van der Waals surface area contributed by atoms with E-state index in [-0.39, 0.29) is 23.7 Å². The van der Waals surface area contributed by atoms with Gasteiger partial charge in [-0.2, -0.15) is 5.26 Å². The van der Waals surface area contributed by atoms with Crippen molar-refractivity contribution in [2.45, 2.75) is 76.0 Å². The summed E-state index contributed by atoms with van der Waals surface area (Å²) in [5.41, 5.74) is 3.82. The van der Waals surface area contributed by atoms with E-state index in [1.54, 1.807) is 18.4 Å². The number of carbonyl (C=O) groups excluding carboxylic acids is 2. The van der Waals surface area contributed by atoms with Crippen molar-refractivity contribution in [2.75, 3.05) is 25.7 Å². The molecule has 230 valence electrons. The maximum atomic E-state index is 14.2. The first-order valence-electron chi connectivity index (χ1n) is 16.0. The number of nitrogens with zero attached hydrogens (tertiary/aromatic N) is 3. The highest BCUT2D eigenvalue weighted by molar-refractivity contribution is 7.15. The van der Waals surface area contributed by atoms with Gasteiger partial charge in [-0.3, -0.25) is 9.59 Å². The van der Waals surface area contributed by atoms with Crippen molar-refractivity contribution < 1.29 is 19.1 Å². The van der Waals surface area contributed by atoms with Crippen LogP contribution in [0.15, 0.2) is 48.7 Å². The highest BCUT2D eigenvalue weighted by Crippen LogP contribution is 2.44. The minimum absolute atomic E-state index is 0.0931. The molecule has 0 bridgehead atoms. The topological polar surface area (TPSA) is 92.5 Å². The maximum absolute atomic E-state index is 14.2. The van der Waals surface area contributed by atoms with Crippen molar-refractivity contribution in [1.82, 2.24) is 4.98 Å². The molecule has 3 saturated carbocycles. The molecule has 7 nitrogen and oxygen atoms in total. The third-order valence-electron chi connectivity index (χ3n) is 9.87. The molecule has 0 unspecified atom stereocenters. The normalized spacial score (nSPS) is 23.4. The highest BCUT2D eigenvalue weighted by Gasteiger charge is 2.35. The summed E-state index contributed by atoms with van der Waals surface area (Å²) < 4.78 is 10.3. The fourth-order valence-electron chi connectivity index (χ4n) is 7.06. The van der Waals surface area contributed by atoms with E-state index < -0.39 is 0 Å². The zero-order valence-electron chi connectivity index (χ0n) is 25.7. The summed E-state index contributed by atoms with van der Waals surface area (Å²) in [6.07, 6.45) is 11.3. The van der Waals surface area contributed by atoms with Gasteiger partial charge in [-0.05, 0) is 111 Å². The average Bonchev–Trinajstić information content (AvgIpc) is 3.82. The molecule has 3 fully saturated rings. The molecule has 3 aromatic rings. The zero-order chi connectivity index (χ0) is 30.6. The predicted molar refractivity (Wildman–Crippen MR) is 172 cm³/mol. The van der Waals surface area contributed by atoms with Gasteiger partial charge in [0, 0.05) is 30.3 Å². The minimum atomic E-state index is -0.161. The van der Waals surface area contributed by atoms with E-state index in [1.165, 1.54) is 30.5 Å². The summed E-state index contributed by atoms with van der Waals surface area (Å²) in [5.74, 6) is 1.84. The van der Waals surface area contributed by atoms with Crippen LogP contribution >= 0.6 is 11.3 Å². The third kappa shape index (κ3) is 6.68. The molecule has 3 aliphatic rings. The van der Waals surface area contributed by atoms with Crippen LogP contribution in [0.25, 0.3) is 10.4 Å². The lowest BCUT2D eigenvalue weighted by Gasteiger charge is -2.36. The molecule has 1 amide bonds. The van der Waals surface area contributed by atoms with Crippen LogP contribution < -0.4 is 9.64 Å². The lowest BCUT2D eigenvalue weighted by atomic mass is 9.77. The van der Waals surface area contributed by atoms with Crippen LogP contribution in [0.5, 0.6) is 5.75 Å². The molecule has 0 atom stereocenters. The molecule has 0 spiro atoms. The number of hydrogen-bond donors (Lipinski definition) is 0. The van der Waals surface area contributed by atoms with E-state index >= 15 is 0 Å². The van der Waals surface area contributed by atoms with Crippen molar-refractivity contribution in [1.29, 1.82) is 5.26 Å². The van der Waals surface area contributed by atoms with E-state index in [0.29, 0.717) is 61.3 Å². The summed E-state index contributed by atoms with van der Waals surface area (Å²) >= 11 is 1.77. The van der Waals surface area contributed by atoms with Gasteiger partial charge in [-0.25, -0.2) is 4.98 Å². The van der Waals surface area contributed by atoms with Gasteiger partial charge >= 0.3 is 5.97 Å². The molecular weight excluding hydrogens is 570 g/mol. The van der Waals surface area contributed by atoms with E-state index in [4.69, 9.17) is 9.47 Å². The Kier molecular flexibility index (Phi) is 9.32. The zero-order valence-corrected chi connectivity index (χ0v) is 26.5. The third-order valence-corrected chi connectivity index (χ3v) is 11.1. The number of benzene rings is 2. The molecule has 2 aromatic carbocycles. The lowest BCUT2D eigenvalue weighted by Crippen LogP contribution is -2.42. The number of esters is 1. The molecule has 6 rings (SSSR count). The molecular formula is C36H41N3O4S. The molecule has 1 heterocycles. The van der Waals surface area contributed by atoms with Crippen LogP contribution in [-0.2, 0) is 14.3 Å². The Labute approximate surface area is 264 Å². The van der Waals surface area contributed by atoms with Crippen molar-refractivity contribution in [3.05, 3.63) is 64.8 Å². The van der Waals surface area contributed by atoms with Crippen molar-refractivity contribution >= 4 is 28.9 Å². The van der Waals surface area contributed by atoms with Gasteiger partial charge in [-0.1, -0.05) is 18.2 Å². The van der Waals surface area contributed by atoms with E-state index in [0.717, 1.165) is 41.8 Å². The van der Waals surface area contributed by atoms with Crippen LogP contribution in [0.4, 0.5) is 5.69 Å². The smallest absolute Gasteiger partial charge is 0.308 e. The fraction of sp³-hybridized carbons (Fsp3) is 0.500. The van der Waals surface area contributed by atoms with Crippen LogP contribution in [-0.4, -0.2) is 37.6 Å². The Bertz CT molecular complexity index is 1520. The van der Waals surface area contributed by atoms with Crippen LogP contribution in [0, 0.1) is 29.1 Å². The van der Waals surface area contributed by atoms with Gasteiger partial charge in [0.2, 0.25) is 5.91 Å². The summed E-state index contributed by atoms with van der Waals surface area (Å²) in [7, 11) is 3.04. The quantitative estimate of drug-likeness (QED) is 0.229. The number of methoxy groups -OCH3 is 2. The maximum Gasteiger partial charge on any atom is 0.308 e. The molecule has 0 aliphatic heterocycles. The Morgan fingerprint density at radius 2 is 1.66 bits per heavy atom. The van der Waals surface area contributed by atoms with Crippen molar-refractivity contribution in [2.24, 2.45) is 17.8 Å². The molecule has 1 aromatic heterocycles. The lowest BCUT2D eigenvalue weighted by molar-refractivity contribution is -0.147. The van der Waals surface area contributed by atoms with Crippen LogP contribution in [0.1, 0.15) is 92.2 Å². The minimum Gasteiger partial charge on any atom is -0.495 e. The Balaban J connectivity index is 1.19. The molecule has 8 heteroatoms. The van der Waals surface area contributed by atoms with Gasteiger partial charge in [0.05, 0.1) is 35.6 Å². The van der Waals surface area contributed by atoms with E-state index in [2.05, 4.69) is 41.4 Å². The first kappa shape index (κ1) is 30.3.